The highest BCUT2D eigenvalue weighted by molar-refractivity contribution is 7.53. The second-order valence-corrected chi connectivity index (χ2v) is 4.93. The van der Waals surface area contributed by atoms with E-state index in [1.807, 2.05) is 6.92 Å². The van der Waals surface area contributed by atoms with Crippen LogP contribution in [0.15, 0.2) is 0 Å². The zero-order valence-corrected chi connectivity index (χ0v) is 9.62. The fraction of sp³-hybridized carbons (Fsp3) is 0.875. The standard InChI is InChI=1S/C8H17O5P/c1-4-6-8(9)13-7(3)14(10,11)12-5-2/h7H,4-6H2,1-3H3,(H,10,11). The van der Waals surface area contributed by atoms with Gasteiger partial charge in [-0.25, -0.2) is 0 Å². The lowest BCUT2D eigenvalue weighted by Crippen LogP contribution is -2.16. The molecule has 0 spiro atoms. The quantitative estimate of drug-likeness (QED) is 0.551. The van der Waals surface area contributed by atoms with Gasteiger partial charge in [-0.2, -0.15) is 0 Å². The molecule has 0 saturated carbocycles. The van der Waals surface area contributed by atoms with E-state index in [1.165, 1.54) is 6.92 Å². The van der Waals surface area contributed by atoms with Crippen LogP contribution < -0.4 is 0 Å². The molecule has 14 heavy (non-hydrogen) atoms. The molecule has 0 aromatic heterocycles. The van der Waals surface area contributed by atoms with Gasteiger partial charge in [-0.15, -0.1) is 0 Å². The first-order valence-corrected chi connectivity index (χ1v) is 6.25. The summed E-state index contributed by atoms with van der Waals surface area (Å²) in [7, 11) is -3.80. The molecule has 0 fully saturated rings. The first-order chi connectivity index (χ1) is 6.44. The van der Waals surface area contributed by atoms with E-state index in [1.54, 1.807) is 6.92 Å². The summed E-state index contributed by atoms with van der Waals surface area (Å²) in [4.78, 5) is 20.3. The fourth-order valence-electron chi connectivity index (χ4n) is 0.810. The Labute approximate surface area is 83.9 Å². The minimum Gasteiger partial charge on any atom is -0.450 e. The molecule has 6 heteroatoms. The van der Waals surface area contributed by atoms with Crippen molar-refractivity contribution < 1.29 is 23.5 Å². The van der Waals surface area contributed by atoms with Gasteiger partial charge in [0.25, 0.3) is 0 Å². The van der Waals surface area contributed by atoms with E-state index in [2.05, 4.69) is 4.52 Å². The van der Waals surface area contributed by atoms with Crippen molar-refractivity contribution in [3.63, 3.8) is 0 Å². The second kappa shape index (κ2) is 6.17. The molecule has 2 atom stereocenters. The summed E-state index contributed by atoms with van der Waals surface area (Å²) in [6.45, 7) is 4.89. The third-order valence-electron chi connectivity index (χ3n) is 1.53. The molecule has 0 amide bonds. The summed E-state index contributed by atoms with van der Waals surface area (Å²) in [6.07, 6.45) is 0.895. The Morgan fingerprint density at radius 2 is 2.07 bits per heavy atom. The molecule has 0 aliphatic heterocycles. The van der Waals surface area contributed by atoms with Gasteiger partial charge in [-0.1, -0.05) is 6.92 Å². The molecule has 0 aliphatic carbocycles. The van der Waals surface area contributed by atoms with E-state index in [0.29, 0.717) is 6.42 Å². The highest BCUT2D eigenvalue weighted by Crippen LogP contribution is 2.47. The summed E-state index contributed by atoms with van der Waals surface area (Å²) in [5, 5.41) is 0. The summed E-state index contributed by atoms with van der Waals surface area (Å²) in [5.74, 6) is -1.57. The van der Waals surface area contributed by atoms with Gasteiger partial charge >= 0.3 is 13.6 Å². The van der Waals surface area contributed by atoms with Crippen molar-refractivity contribution in [1.82, 2.24) is 0 Å². The summed E-state index contributed by atoms with van der Waals surface area (Å²) in [6, 6.07) is 0. The van der Waals surface area contributed by atoms with Gasteiger partial charge in [-0.3, -0.25) is 9.36 Å². The number of esters is 1. The maximum atomic E-state index is 11.3. The largest absolute Gasteiger partial charge is 0.450 e. The van der Waals surface area contributed by atoms with Crippen LogP contribution in [0.1, 0.15) is 33.6 Å². The average molecular weight is 224 g/mol. The van der Waals surface area contributed by atoms with Crippen molar-refractivity contribution >= 4 is 13.6 Å². The van der Waals surface area contributed by atoms with Crippen LogP contribution in [0.2, 0.25) is 0 Å². The molecule has 5 nitrogen and oxygen atoms in total. The number of hydrogen-bond acceptors (Lipinski definition) is 4. The third kappa shape index (κ3) is 4.74. The van der Waals surface area contributed by atoms with E-state index >= 15 is 0 Å². The SMILES string of the molecule is CCCC(=O)OC(C)P(=O)(O)OCC. The Morgan fingerprint density at radius 1 is 1.50 bits per heavy atom. The Balaban J connectivity index is 4.12. The van der Waals surface area contributed by atoms with Crippen molar-refractivity contribution in [1.29, 1.82) is 0 Å². The molecule has 1 N–H and O–H groups in total. The topological polar surface area (TPSA) is 72.8 Å². The van der Waals surface area contributed by atoms with Crippen molar-refractivity contribution in [2.45, 2.75) is 39.5 Å². The van der Waals surface area contributed by atoms with Crippen molar-refractivity contribution in [2.75, 3.05) is 6.61 Å². The predicted molar refractivity (Wildman–Crippen MR) is 51.9 cm³/mol. The number of rotatable bonds is 6. The number of ether oxygens (including phenoxy) is 1. The normalized spacial score (nSPS) is 17.1. The first kappa shape index (κ1) is 13.6. The van der Waals surface area contributed by atoms with Crippen LogP contribution in [-0.2, 0) is 18.6 Å². The molecule has 0 aliphatic rings. The number of hydrogen-bond donors (Lipinski definition) is 1. The van der Waals surface area contributed by atoms with E-state index in [4.69, 9.17) is 4.74 Å². The Hall–Kier alpha value is -0.380. The molecule has 84 valence electrons. The molecule has 0 heterocycles. The van der Waals surface area contributed by atoms with Gasteiger partial charge in [0.15, 0.2) is 5.85 Å². The fourth-order valence-corrected chi connectivity index (χ4v) is 1.64. The van der Waals surface area contributed by atoms with Crippen LogP contribution in [0, 0.1) is 0 Å². The van der Waals surface area contributed by atoms with Gasteiger partial charge in [0.05, 0.1) is 6.61 Å². The van der Waals surface area contributed by atoms with E-state index in [0.717, 1.165) is 0 Å². The van der Waals surface area contributed by atoms with Crippen LogP contribution in [0.3, 0.4) is 0 Å². The van der Waals surface area contributed by atoms with Gasteiger partial charge in [-0.05, 0) is 20.3 Å². The smallest absolute Gasteiger partial charge is 0.368 e. The molecule has 0 aromatic carbocycles. The van der Waals surface area contributed by atoms with Gasteiger partial charge < -0.3 is 14.2 Å². The Bertz CT molecular complexity index is 228. The summed E-state index contributed by atoms with van der Waals surface area (Å²) >= 11 is 0. The van der Waals surface area contributed by atoms with Crippen LogP contribution in [0.4, 0.5) is 0 Å². The minimum atomic E-state index is -3.80. The lowest BCUT2D eigenvalue weighted by Gasteiger charge is -2.18. The molecule has 0 bridgehead atoms. The highest BCUT2D eigenvalue weighted by atomic mass is 31.2. The van der Waals surface area contributed by atoms with Crippen molar-refractivity contribution in [2.24, 2.45) is 0 Å². The van der Waals surface area contributed by atoms with Crippen LogP contribution in [0.5, 0.6) is 0 Å². The van der Waals surface area contributed by atoms with E-state index in [-0.39, 0.29) is 13.0 Å². The van der Waals surface area contributed by atoms with Crippen molar-refractivity contribution in [3.05, 3.63) is 0 Å². The second-order valence-electron chi connectivity index (χ2n) is 2.82. The lowest BCUT2D eigenvalue weighted by molar-refractivity contribution is -0.145. The molecular formula is C8H17O5P. The highest BCUT2D eigenvalue weighted by Gasteiger charge is 2.31. The van der Waals surface area contributed by atoms with Crippen LogP contribution in [-0.4, -0.2) is 23.3 Å². The predicted octanol–water partition coefficient (Wildman–Crippen LogP) is 1.90. The Morgan fingerprint density at radius 3 is 2.50 bits per heavy atom. The van der Waals surface area contributed by atoms with Crippen LogP contribution in [0.25, 0.3) is 0 Å². The zero-order valence-electron chi connectivity index (χ0n) is 8.73. The minimum absolute atomic E-state index is 0.115. The van der Waals surface area contributed by atoms with Gasteiger partial charge in [0.2, 0.25) is 0 Å². The first-order valence-electron chi connectivity index (χ1n) is 4.60. The van der Waals surface area contributed by atoms with Gasteiger partial charge in [0.1, 0.15) is 0 Å². The maximum Gasteiger partial charge on any atom is 0.368 e. The molecule has 0 saturated heterocycles. The maximum absolute atomic E-state index is 11.3. The van der Waals surface area contributed by atoms with E-state index in [9.17, 15) is 14.3 Å². The molecular weight excluding hydrogens is 207 g/mol. The van der Waals surface area contributed by atoms with Gasteiger partial charge in [0, 0.05) is 6.42 Å². The van der Waals surface area contributed by atoms with Crippen molar-refractivity contribution in [3.8, 4) is 0 Å². The number of carbonyl (C=O) groups is 1. The monoisotopic (exact) mass is 224 g/mol. The molecule has 0 radical (unpaired) electrons. The number of carbonyl (C=O) groups excluding carboxylic acids is 1. The molecule has 0 rings (SSSR count). The Kier molecular flexibility index (Phi) is 6.00. The van der Waals surface area contributed by atoms with Crippen LogP contribution >= 0.6 is 7.60 Å². The lowest BCUT2D eigenvalue weighted by atomic mass is 10.3. The summed E-state index contributed by atoms with van der Waals surface area (Å²) in [5.41, 5.74) is 0. The van der Waals surface area contributed by atoms with E-state index < -0.39 is 19.4 Å². The molecule has 0 aromatic rings. The molecule has 2 unspecified atom stereocenters. The zero-order chi connectivity index (χ0) is 11.2. The third-order valence-corrected chi connectivity index (χ3v) is 3.18. The average Bonchev–Trinajstić information content (AvgIpc) is 2.04. The summed E-state index contributed by atoms with van der Waals surface area (Å²) < 4.78 is 20.6.